The van der Waals surface area contributed by atoms with Gasteiger partial charge in [0.1, 0.15) is 0 Å². The minimum atomic E-state index is 0.105. The molecule has 0 radical (unpaired) electrons. The predicted octanol–water partition coefficient (Wildman–Crippen LogP) is 3.73. The summed E-state index contributed by atoms with van der Waals surface area (Å²) >= 11 is 0. The van der Waals surface area contributed by atoms with Crippen molar-refractivity contribution < 1.29 is 14.3 Å². The van der Waals surface area contributed by atoms with Gasteiger partial charge < -0.3 is 9.47 Å². The molecule has 0 amide bonds. The van der Waals surface area contributed by atoms with E-state index in [0.717, 1.165) is 11.1 Å². The first-order valence-corrected chi connectivity index (χ1v) is 6.99. The Bertz CT molecular complexity index is 686. The van der Waals surface area contributed by atoms with Crippen molar-refractivity contribution in [3.05, 3.63) is 58.7 Å². The quantitative estimate of drug-likeness (QED) is 0.860. The molecule has 21 heavy (non-hydrogen) atoms. The normalized spacial score (nSPS) is 16.7. The molecule has 0 aromatic heterocycles. The highest BCUT2D eigenvalue weighted by Gasteiger charge is 2.32. The van der Waals surface area contributed by atoms with Crippen molar-refractivity contribution in [2.45, 2.75) is 19.3 Å². The van der Waals surface area contributed by atoms with Gasteiger partial charge in [-0.1, -0.05) is 29.8 Å². The summed E-state index contributed by atoms with van der Waals surface area (Å²) in [5, 5.41) is 0. The van der Waals surface area contributed by atoms with Crippen molar-refractivity contribution in [2.75, 3.05) is 14.2 Å². The van der Waals surface area contributed by atoms with E-state index in [-0.39, 0.29) is 11.7 Å². The number of methoxy groups -OCH3 is 2. The second kappa shape index (κ2) is 5.24. The summed E-state index contributed by atoms with van der Waals surface area (Å²) in [6.07, 6.45) is 0.509. The van der Waals surface area contributed by atoms with E-state index in [2.05, 4.69) is 31.2 Å². The fourth-order valence-corrected chi connectivity index (χ4v) is 2.93. The molecule has 2 aromatic carbocycles. The third-order valence-electron chi connectivity index (χ3n) is 4.10. The molecule has 1 atom stereocenters. The maximum absolute atomic E-state index is 12.3. The summed E-state index contributed by atoms with van der Waals surface area (Å²) in [7, 11) is 3.20. The standard InChI is InChI=1S/C18H18O3/c1-11-4-6-12(7-5-11)13-8-16(19)15-10-18(21-3)17(20-2)9-14(13)15/h4-7,9-10,13H,8H2,1-3H3. The minimum Gasteiger partial charge on any atom is -0.493 e. The van der Waals surface area contributed by atoms with Gasteiger partial charge in [-0.3, -0.25) is 4.79 Å². The van der Waals surface area contributed by atoms with Crippen LogP contribution in [0, 0.1) is 6.92 Å². The van der Waals surface area contributed by atoms with E-state index >= 15 is 0 Å². The van der Waals surface area contributed by atoms with Crippen LogP contribution in [0.15, 0.2) is 36.4 Å². The Morgan fingerprint density at radius 1 is 1.00 bits per heavy atom. The van der Waals surface area contributed by atoms with E-state index in [1.165, 1.54) is 11.1 Å². The lowest BCUT2D eigenvalue weighted by atomic mass is 9.92. The molecule has 0 heterocycles. The maximum Gasteiger partial charge on any atom is 0.164 e. The Balaban J connectivity index is 2.10. The lowest BCUT2D eigenvalue weighted by molar-refractivity contribution is 0.0991. The third kappa shape index (κ3) is 2.29. The SMILES string of the molecule is COc1cc2c(cc1OC)C(c1ccc(C)cc1)CC2=O. The first kappa shape index (κ1) is 13.7. The van der Waals surface area contributed by atoms with Crippen molar-refractivity contribution in [1.82, 2.24) is 0 Å². The van der Waals surface area contributed by atoms with Gasteiger partial charge in [0, 0.05) is 17.9 Å². The van der Waals surface area contributed by atoms with Gasteiger partial charge in [0.15, 0.2) is 17.3 Å². The van der Waals surface area contributed by atoms with Gasteiger partial charge >= 0.3 is 0 Å². The number of ketones is 1. The monoisotopic (exact) mass is 282 g/mol. The molecule has 3 heteroatoms. The minimum absolute atomic E-state index is 0.105. The van der Waals surface area contributed by atoms with Crippen LogP contribution in [0.3, 0.4) is 0 Å². The second-order valence-corrected chi connectivity index (χ2v) is 5.39. The smallest absolute Gasteiger partial charge is 0.164 e. The summed E-state index contributed by atoms with van der Waals surface area (Å²) in [4.78, 5) is 12.3. The lowest BCUT2D eigenvalue weighted by Crippen LogP contribution is -1.98. The Morgan fingerprint density at radius 2 is 1.62 bits per heavy atom. The van der Waals surface area contributed by atoms with Crippen LogP contribution < -0.4 is 9.47 Å². The number of rotatable bonds is 3. The average molecular weight is 282 g/mol. The molecule has 2 aromatic rings. The molecular weight excluding hydrogens is 264 g/mol. The summed E-state index contributed by atoms with van der Waals surface area (Å²) in [6, 6.07) is 12.1. The number of aryl methyl sites for hydroxylation is 1. The van der Waals surface area contributed by atoms with Crippen LogP contribution in [0.5, 0.6) is 11.5 Å². The van der Waals surface area contributed by atoms with E-state index in [1.807, 2.05) is 6.07 Å². The summed E-state index contributed by atoms with van der Waals surface area (Å²) in [6.45, 7) is 2.06. The lowest BCUT2D eigenvalue weighted by Gasteiger charge is -2.14. The fourth-order valence-electron chi connectivity index (χ4n) is 2.93. The molecule has 0 bridgehead atoms. The zero-order chi connectivity index (χ0) is 15.0. The fraction of sp³-hybridized carbons (Fsp3) is 0.278. The first-order chi connectivity index (χ1) is 10.1. The Morgan fingerprint density at radius 3 is 2.24 bits per heavy atom. The number of benzene rings is 2. The highest BCUT2D eigenvalue weighted by atomic mass is 16.5. The predicted molar refractivity (Wildman–Crippen MR) is 81.5 cm³/mol. The van der Waals surface area contributed by atoms with Gasteiger partial charge in [0.25, 0.3) is 0 Å². The van der Waals surface area contributed by atoms with E-state index in [4.69, 9.17) is 9.47 Å². The molecule has 3 rings (SSSR count). The van der Waals surface area contributed by atoms with Crippen molar-refractivity contribution in [1.29, 1.82) is 0 Å². The molecular formula is C18H18O3. The molecule has 0 N–H and O–H groups in total. The second-order valence-electron chi connectivity index (χ2n) is 5.39. The highest BCUT2D eigenvalue weighted by molar-refractivity contribution is 6.02. The van der Waals surface area contributed by atoms with Gasteiger partial charge in [-0.15, -0.1) is 0 Å². The van der Waals surface area contributed by atoms with Crippen LogP contribution >= 0.6 is 0 Å². The molecule has 0 saturated heterocycles. The van der Waals surface area contributed by atoms with Crippen molar-refractivity contribution >= 4 is 5.78 Å². The summed E-state index contributed by atoms with van der Waals surface area (Å²) < 4.78 is 10.7. The van der Waals surface area contributed by atoms with Gasteiger partial charge in [0.05, 0.1) is 14.2 Å². The van der Waals surface area contributed by atoms with Gasteiger partial charge in [-0.2, -0.15) is 0 Å². The average Bonchev–Trinajstić information content (AvgIpc) is 2.83. The molecule has 1 aliphatic rings. The zero-order valence-electron chi connectivity index (χ0n) is 12.5. The van der Waals surface area contributed by atoms with E-state index in [0.29, 0.717) is 17.9 Å². The number of carbonyl (C=O) groups excluding carboxylic acids is 1. The number of hydrogen-bond donors (Lipinski definition) is 0. The molecule has 108 valence electrons. The van der Waals surface area contributed by atoms with Crippen LogP contribution in [0.2, 0.25) is 0 Å². The van der Waals surface area contributed by atoms with Gasteiger partial charge in [-0.25, -0.2) is 0 Å². The largest absolute Gasteiger partial charge is 0.493 e. The number of carbonyl (C=O) groups is 1. The zero-order valence-corrected chi connectivity index (χ0v) is 12.5. The third-order valence-corrected chi connectivity index (χ3v) is 4.10. The molecule has 0 saturated carbocycles. The Hall–Kier alpha value is -2.29. The van der Waals surface area contributed by atoms with Crippen LogP contribution in [-0.4, -0.2) is 20.0 Å². The molecule has 3 nitrogen and oxygen atoms in total. The van der Waals surface area contributed by atoms with E-state index < -0.39 is 0 Å². The molecule has 1 unspecified atom stereocenters. The first-order valence-electron chi connectivity index (χ1n) is 6.99. The van der Waals surface area contributed by atoms with Crippen molar-refractivity contribution in [3.63, 3.8) is 0 Å². The summed E-state index contributed by atoms with van der Waals surface area (Å²) in [5.74, 6) is 1.54. The Kier molecular flexibility index (Phi) is 3.42. The van der Waals surface area contributed by atoms with Crippen molar-refractivity contribution in [2.24, 2.45) is 0 Å². The highest BCUT2D eigenvalue weighted by Crippen LogP contribution is 2.43. The number of fused-ring (bicyclic) bond motifs is 1. The van der Waals surface area contributed by atoms with Crippen molar-refractivity contribution in [3.8, 4) is 11.5 Å². The van der Waals surface area contributed by atoms with Crippen LogP contribution in [0.1, 0.15) is 39.4 Å². The number of Topliss-reactive ketones (excluding diaryl/α,β-unsaturated/α-hetero) is 1. The van der Waals surface area contributed by atoms with E-state index in [9.17, 15) is 4.79 Å². The van der Waals surface area contributed by atoms with Gasteiger partial charge in [0.2, 0.25) is 0 Å². The summed E-state index contributed by atoms with van der Waals surface area (Å²) in [5.41, 5.74) is 4.16. The molecule has 0 aliphatic heterocycles. The number of hydrogen-bond acceptors (Lipinski definition) is 3. The maximum atomic E-state index is 12.3. The van der Waals surface area contributed by atoms with E-state index in [1.54, 1.807) is 20.3 Å². The van der Waals surface area contributed by atoms with Crippen LogP contribution in [0.25, 0.3) is 0 Å². The van der Waals surface area contributed by atoms with Crippen LogP contribution in [-0.2, 0) is 0 Å². The molecule has 0 spiro atoms. The van der Waals surface area contributed by atoms with Crippen LogP contribution in [0.4, 0.5) is 0 Å². The number of ether oxygens (including phenoxy) is 2. The molecule has 0 fully saturated rings. The van der Waals surface area contributed by atoms with Gasteiger partial charge in [-0.05, 0) is 30.2 Å². The topological polar surface area (TPSA) is 35.5 Å². The molecule has 1 aliphatic carbocycles. The Labute approximate surface area is 124 Å².